The normalized spacial score (nSPS) is 11.9. The van der Waals surface area contributed by atoms with Crippen LogP contribution in [0, 0.1) is 0 Å². The van der Waals surface area contributed by atoms with Crippen molar-refractivity contribution in [1.29, 1.82) is 0 Å². The highest BCUT2D eigenvalue weighted by Gasteiger charge is 2.20. The number of carbonyl (C=O) groups excluding carboxylic acids is 1. The highest BCUT2D eigenvalue weighted by Crippen LogP contribution is 2.17. The number of hydrogen-bond acceptors (Lipinski definition) is 3. The van der Waals surface area contributed by atoms with Crippen molar-refractivity contribution in [2.24, 2.45) is 0 Å². The van der Waals surface area contributed by atoms with Crippen LogP contribution < -0.4 is 5.32 Å². The number of nitrogens with one attached hydrogen (secondary N) is 1. The Morgan fingerprint density at radius 1 is 1.26 bits per heavy atom. The van der Waals surface area contributed by atoms with Gasteiger partial charge in [-0.1, -0.05) is 37.3 Å². The van der Waals surface area contributed by atoms with E-state index in [1.54, 1.807) is 6.92 Å². The topological polar surface area (TPSA) is 79.5 Å². The number of aryl methyl sites for hydroxylation is 2. The van der Waals surface area contributed by atoms with Gasteiger partial charge in [0.05, 0.1) is 0 Å². The van der Waals surface area contributed by atoms with Gasteiger partial charge in [-0.15, -0.1) is 0 Å². The molecule has 2 aromatic rings. The van der Waals surface area contributed by atoms with E-state index in [-0.39, 0.29) is 23.3 Å². The van der Waals surface area contributed by atoms with Crippen molar-refractivity contribution in [3.05, 3.63) is 59.0 Å². The van der Waals surface area contributed by atoms with Gasteiger partial charge in [0.15, 0.2) is 5.76 Å². The van der Waals surface area contributed by atoms with Gasteiger partial charge in [-0.2, -0.15) is 0 Å². The van der Waals surface area contributed by atoms with Crippen molar-refractivity contribution < 1.29 is 19.1 Å². The maximum Gasteiger partial charge on any atom is 0.339 e. The summed E-state index contributed by atoms with van der Waals surface area (Å²) in [6, 6.07) is 11.3. The number of aromatic carboxylic acids is 1. The lowest BCUT2D eigenvalue weighted by Crippen LogP contribution is -2.32. The number of benzene rings is 1. The van der Waals surface area contributed by atoms with Crippen LogP contribution in [0.25, 0.3) is 0 Å². The minimum absolute atomic E-state index is 0.0360. The fraction of sp³-hybridized carbons (Fsp3) is 0.333. The van der Waals surface area contributed by atoms with Gasteiger partial charge in [-0.3, -0.25) is 4.79 Å². The summed E-state index contributed by atoms with van der Waals surface area (Å²) in [7, 11) is 0. The average Bonchev–Trinajstić information content (AvgIpc) is 2.98. The smallest absolute Gasteiger partial charge is 0.339 e. The van der Waals surface area contributed by atoms with Crippen LogP contribution in [0.15, 0.2) is 40.8 Å². The molecule has 5 heteroatoms. The van der Waals surface area contributed by atoms with Crippen LogP contribution >= 0.6 is 0 Å². The lowest BCUT2D eigenvalue weighted by molar-refractivity contribution is 0.0694. The fourth-order valence-electron chi connectivity index (χ4n) is 2.38. The van der Waals surface area contributed by atoms with Crippen LogP contribution in [0.2, 0.25) is 0 Å². The van der Waals surface area contributed by atoms with E-state index in [9.17, 15) is 9.59 Å². The van der Waals surface area contributed by atoms with E-state index >= 15 is 0 Å². The SMILES string of the molecule is CCc1oc(C(=O)NC(C)CCc2ccccc2)cc1C(=O)O. The molecule has 1 atom stereocenters. The molecule has 1 unspecified atom stereocenters. The van der Waals surface area contributed by atoms with E-state index in [0.29, 0.717) is 12.2 Å². The molecule has 0 saturated carbocycles. The van der Waals surface area contributed by atoms with Crippen molar-refractivity contribution in [2.75, 3.05) is 0 Å². The predicted molar refractivity (Wildman–Crippen MR) is 86.7 cm³/mol. The summed E-state index contributed by atoms with van der Waals surface area (Å²) in [5, 5.41) is 11.9. The molecule has 0 aliphatic carbocycles. The minimum Gasteiger partial charge on any atom is -0.478 e. The molecule has 2 N–H and O–H groups in total. The van der Waals surface area contributed by atoms with Crippen LogP contribution in [0.1, 0.15) is 52.5 Å². The molecule has 1 heterocycles. The van der Waals surface area contributed by atoms with E-state index in [0.717, 1.165) is 12.8 Å². The molecule has 0 saturated heterocycles. The summed E-state index contributed by atoms with van der Waals surface area (Å²) in [5.41, 5.74) is 1.27. The van der Waals surface area contributed by atoms with Gasteiger partial charge < -0.3 is 14.8 Å². The first-order valence-electron chi connectivity index (χ1n) is 7.72. The second-order valence-electron chi connectivity index (χ2n) is 5.50. The Morgan fingerprint density at radius 3 is 2.52 bits per heavy atom. The highest BCUT2D eigenvalue weighted by molar-refractivity contribution is 5.96. The molecule has 23 heavy (non-hydrogen) atoms. The average molecular weight is 315 g/mol. The third kappa shape index (κ3) is 4.45. The van der Waals surface area contributed by atoms with Crippen LogP contribution in [0.4, 0.5) is 0 Å². The van der Waals surface area contributed by atoms with Gasteiger partial charge in [0, 0.05) is 18.5 Å². The molecule has 1 aromatic heterocycles. The van der Waals surface area contributed by atoms with Crippen LogP contribution in [-0.2, 0) is 12.8 Å². The van der Waals surface area contributed by atoms with Crippen LogP contribution in [-0.4, -0.2) is 23.0 Å². The first-order chi connectivity index (χ1) is 11.0. The molecule has 0 aliphatic rings. The summed E-state index contributed by atoms with van der Waals surface area (Å²) >= 11 is 0. The number of carbonyl (C=O) groups is 2. The number of furan rings is 1. The second kappa shape index (κ2) is 7.63. The third-order valence-corrected chi connectivity index (χ3v) is 3.67. The molecule has 0 spiro atoms. The summed E-state index contributed by atoms with van der Waals surface area (Å²) in [4.78, 5) is 23.3. The Hall–Kier alpha value is -2.56. The van der Waals surface area contributed by atoms with E-state index < -0.39 is 5.97 Å². The molecule has 5 nitrogen and oxygen atoms in total. The van der Waals surface area contributed by atoms with Gasteiger partial charge in [0.2, 0.25) is 0 Å². The first-order valence-corrected chi connectivity index (χ1v) is 7.72. The zero-order valence-electron chi connectivity index (χ0n) is 13.3. The minimum atomic E-state index is -1.08. The van der Waals surface area contributed by atoms with Gasteiger partial charge in [0.25, 0.3) is 5.91 Å². The molecular formula is C18H21NO4. The molecule has 2 rings (SSSR count). The first kappa shape index (κ1) is 16.8. The van der Waals surface area contributed by atoms with Crippen molar-refractivity contribution in [3.63, 3.8) is 0 Å². The number of hydrogen-bond donors (Lipinski definition) is 2. The summed E-state index contributed by atoms with van der Waals surface area (Å²) in [5.74, 6) is -1.10. The van der Waals surface area contributed by atoms with Crippen molar-refractivity contribution in [1.82, 2.24) is 5.32 Å². The number of carboxylic acids is 1. The number of amides is 1. The van der Waals surface area contributed by atoms with Gasteiger partial charge >= 0.3 is 5.97 Å². The summed E-state index contributed by atoms with van der Waals surface area (Å²) < 4.78 is 5.36. The van der Waals surface area contributed by atoms with Crippen molar-refractivity contribution in [2.45, 2.75) is 39.2 Å². The lowest BCUT2D eigenvalue weighted by atomic mass is 10.1. The lowest BCUT2D eigenvalue weighted by Gasteiger charge is -2.12. The van der Waals surface area contributed by atoms with E-state index in [2.05, 4.69) is 5.32 Å². The summed E-state index contributed by atoms with van der Waals surface area (Å²) in [6.07, 6.45) is 2.09. The van der Waals surface area contributed by atoms with Gasteiger partial charge in [0.1, 0.15) is 11.3 Å². The molecular weight excluding hydrogens is 294 g/mol. The van der Waals surface area contributed by atoms with Crippen molar-refractivity contribution >= 4 is 11.9 Å². The Morgan fingerprint density at radius 2 is 1.96 bits per heavy atom. The van der Waals surface area contributed by atoms with E-state index in [1.165, 1.54) is 11.6 Å². The van der Waals surface area contributed by atoms with Gasteiger partial charge in [-0.25, -0.2) is 4.79 Å². The molecule has 0 bridgehead atoms. The molecule has 1 amide bonds. The summed E-state index contributed by atoms with van der Waals surface area (Å²) in [6.45, 7) is 3.71. The Bertz CT molecular complexity index is 676. The third-order valence-electron chi connectivity index (χ3n) is 3.67. The predicted octanol–water partition coefficient (Wildman–Crippen LogP) is 3.29. The maximum atomic E-state index is 12.2. The monoisotopic (exact) mass is 315 g/mol. The molecule has 0 fully saturated rings. The maximum absolute atomic E-state index is 12.2. The Balaban J connectivity index is 1.94. The quantitative estimate of drug-likeness (QED) is 0.821. The zero-order chi connectivity index (χ0) is 16.8. The van der Waals surface area contributed by atoms with Gasteiger partial charge in [-0.05, 0) is 25.3 Å². The van der Waals surface area contributed by atoms with E-state index in [4.69, 9.17) is 9.52 Å². The Labute approximate surface area is 135 Å². The molecule has 122 valence electrons. The van der Waals surface area contributed by atoms with E-state index in [1.807, 2.05) is 37.3 Å². The fourth-order valence-corrected chi connectivity index (χ4v) is 2.38. The highest BCUT2D eigenvalue weighted by atomic mass is 16.4. The van der Waals surface area contributed by atoms with Crippen LogP contribution in [0.3, 0.4) is 0 Å². The molecule has 0 radical (unpaired) electrons. The molecule has 1 aromatic carbocycles. The zero-order valence-corrected chi connectivity index (χ0v) is 13.3. The molecule has 0 aliphatic heterocycles. The largest absolute Gasteiger partial charge is 0.478 e. The van der Waals surface area contributed by atoms with Crippen molar-refractivity contribution in [3.8, 4) is 0 Å². The number of carboxylic acid groups (broad SMARTS) is 1. The Kier molecular flexibility index (Phi) is 5.57. The van der Waals surface area contributed by atoms with Crippen LogP contribution in [0.5, 0.6) is 0 Å². The second-order valence-corrected chi connectivity index (χ2v) is 5.50. The standard InChI is InChI=1S/C18H21NO4/c1-3-15-14(18(21)22)11-16(23-15)17(20)19-12(2)9-10-13-7-5-4-6-8-13/h4-8,11-12H,3,9-10H2,1-2H3,(H,19,20)(H,21,22). The number of rotatable bonds is 7.